The van der Waals surface area contributed by atoms with Crippen LogP contribution in [0, 0.1) is 0 Å². The van der Waals surface area contributed by atoms with E-state index in [1.165, 1.54) is 25.7 Å². The van der Waals surface area contributed by atoms with Gasteiger partial charge in [0.1, 0.15) is 6.10 Å². The second-order valence-corrected chi connectivity index (χ2v) is 7.18. The van der Waals surface area contributed by atoms with Crippen LogP contribution < -0.4 is 5.32 Å². The van der Waals surface area contributed by atoms with Crippen LogP contribution in [-0.2, 0) is 14.3 Å². The zero-order valence-electron chi connectivity index (χ0n) is 15.0. The predicted octanol–water partition coefficient (Wildman–Crippen LogP) is 2.17. The molecule has 0 aliphatic heterocycles. The second-order valence-electron chi connectivity index (χ2n) is 7.18. The van der Waals surface area contributed by atoms with Gasteiger partial charge in [-0.3, -0.25) is 14.5 Å². The number of carbonyl (C=O) groups is 2. The molecule has 0 aromatic carbocycles. The fraction of sp³-hybridized carbons (Fsp3) is 0.889. The van der Waals surface area contributed by atoms with Gasteiger partial charge in [-0.05, 0) is 39.2 Å². The number of carboxylic acid groups (broad SMARTS) is 1. The monoisotopic (exact) mass is 340 g/mol. The van der Waals surface area contributed by atoms with Crippen LogP contribution in [0.4, 0.5) is 0 Å². The number of ether oxygens (including phenoxy) is 1. The smallest absolute Gasteiger partial charge is 0.317 e. The Bertz CT molecular complexity index is 415. The average molecular weight is 340 g/mol. The molecule has 2 aliphatic carbocycles. The van der Waals surface area contributed by atoms with Gasteiger partial charge in [0.15, 0.2) is 0 Å². The van der Waals surface area contributed by atoms with Crippen LogP contribution in [0.3, 0.4) is 0 Å². The maximum Gasteiger partial charge on any atom is 0.317 e. The summed E-state index contributed by atoms with van der Waals surface area (Å²) in [4.78, 5) is 25.1. The number of rotatable bonds is 8. The number of nitrogens with zero attached hydrogens (tertiary/aromatic N) is 1. The number of amides is 1. The number of aliphatic carboxylic acids is 1. The van der Waals surface area contributed by atoms with Gasteiger partial charge in [-0.2, -0.15) is 0 Å². The minimum Gasteiger partial charge on any atom is -0.480 e. The molecule has 24 heavy (non-hydrogen) atoms. The quantitative estimate of drug-likeness (QED) is 0.662. The Labute approximate surface area is 144 Å². The van der Waals surface area contributed by atoms with Crippen molar-refractivity contribution in [1.29, 1.82) is 0 Å². The third kappa shape index (κ3) is 5.74. The lowest BCUT2D eigenvalue weighted by molar-refractivity contribution is -0.141. The molecule has 2 fully saturated rings. The van der Waals surface area contributed by atoms with Crippen molar-refractivity contribution in [3.05, 3.63) is 0 Å². The molecule has 0 radical (unpaired) electrons. The summed E-state index contributed by atoms with van der Waals surface area (Å²) in [5.74, 6) is -0.835. The fourth-order valence-electron chi connectivity index (χ4n) is 3.72. The van der Waals surface area contributed by atoms with Crippen LogP contribution in [-0.4, -0.2) is 59.3 Å². The first-order valence-electron chi connectivity index (χ1n) is 9.41. The highest BCUT2D eigenvalue weighted by atomic mass is 16.5. The number of hydrogen-bond donors (Lipinski definition) is 2. The van der Waals surface area contributed by atoms with E-state index in [1.54, 1.807) is 0 Å². The van der Waals surface area contributed by atoms with Crippen LogP contribution in [0.1, 0.15) is 65.2 Å². The van der Waals surface area contributed by atoms with Crippen molar-refractivity contribution in [2.24, 2.45) is 0 Å². The molecule has 1 amide bonds. The molecule has 2 N–H and O–H groups in total. The van der Waals surface area contributed by atoms with E-state index in [4.69, 9.17) is 9.84 Å². The number of carbonyl (C=O) groups excluding carboxylic acids is 1. The first-order valence-corrected chi connectivity index (χ1v) is 9.41. The van der Waals surface area contributed by atoms with E-state index in [9.17, 15) is 9.59 Å². The van der Waals surface area contributed by atoms with Gasteiger partial charge in [0.2, 0.25) is 5.91 Å². The molecule has 0 bridgehead atoms. The van der Waals surface area contributed by atoms with Crippen molar-refractivity contribution in [2.45, 2.75) is 89.5 Å². The molecule has 0 aromatic heterocycles. The first-order chi connectivity index (χ1) is 11.5. The van der Waals surface area contributed by atoms with E-state index in [0.717, 1.165) is 32.2 Å². The van der Waals surface area contributed by atoms with Gasteiger partial charge < -0.3 is 15.2 Å². The van der Waals surface area contributed by atoms with Crippen molar-refractivity contribution in [1.82, 2.24) is 10.2 Å². The summed E-state index contributed by atoms with van der Waals surface area (Å²) in [6, 6.07) is 0.403. The molecule has 2 saturated carbocycles. The van der Waals surface area contributed by atoms with Crippen molar-refractivity contribution in [3.8, 4) is 0 Å². The summed E-state index contributed by atoms with van der Waals surface area (Å²) in [5, 5.41) is 12.0. The van der Waals surface area contributed by atoms with Gasteiger partial charge in [-0.25, -0.2) is 0 Å². The van der Waals surface area contributed by atoms with E-state index in [-0.39, 0.29) is 30.6 Å². The Hall–Kier alpha value is -1.14. The number of carboxylic acids is 1. The van der Waals surface area contributed by atoms with Crippen molar-refractivity contribution in [3.63, 3.8) is 0 Å². The Morgan fingerprint density at radius 2 is 1.83 bits per heavy atom. The van der Waals surface area contributed by atoms with Gasteiger partial charge in [-0.15, -0.1) is 0 Å². The van der Waals surface area contributed by atoms with Crippen LogP contribution in [0.15, 0.2) is 0 Å². The van der Waals surface area contributed by atoms with Crippen molar-refractivity contribution >= 4 is 11.9 Å². The Morgan fingerprint density at radius 3 is 2.38 bits per heavy atom. The normalized spacial score (nSPS) is 26.5. The molecule has 2 rings (SSSR count). The molecule has 138 valence electrons. The summed E-state index contributed by atoms with van der Waals surface area (Å²) >= 11 is 0. The zero-order chi connectivity index (χ0) is 17.5. The van der Waals surface area contributed by atoms with E-state index < -0.39 is 12.1 Å². The molecule has 0 spiro atoms. The van der Waals surface area contributed by atoms with Crippen LogP contribution in [0.5, 0.6) is 0 Å². The summed E-state index contributed by atoms with van der Waals surface area (Å²) in [5.41, 5.74) is 0. The Kier molecular flexibility index (Phi) is 7.49. The molecular weight excluding hydrogens is 308 g/mol. The van der Waals surface area contributed by atoms with Crippen LogP contribution >= 0.6 is 0 Å². The van der Waals surface area contributed by atoms with E-state index in [1.807, 2.05) is 18.7 Å². The zero-order valence-corrected chi connectivity index (χ0v) is 15.0. The SMILES string of the molecule is CCN(CC(=O)O)C1CC(NC(=O)C(C)OC2CCCCCC2)C1. The topological polar surface area (TPSA) is 78.9 Å². The number of nitrogens with one attached hydrogen (secondary N) is 1. The average Bonchev–Trinajstić information content (AvgIpc) is 2.76. The first kappa shape index (κ1) is 19.2. The maximum atomic E-state index is 12.3. The minimum absolute atomic E-state index is 0.0380. The minimum atomic E-state index is -0.797. The van der Waals surface area contributed by atoms with Crippen molar-refractivity contribution < 1.29 is 19.4 Å². The molecule has 1 unspecified atom stereocenters. The molecule has 6 heteroatoms. The molecule has 0 heterocycles. The molecule has 1 atom stereocenters. The van der Waals surface area contributed by atoms with Crippen molar-refractivity contribution in [2.75, 3.05) is 13.1 Å². The molecule has 0 aromatic rings. The highest BCUT2D eigenvalue weighted by Crippen LogP contribution is 2.26. The molecule has 2 aliphatic rings. The fourth-order valence-corrected chi connectivity index (χ4v) is 3.72. The number of likely N-dealkylation sites (N-methyl/N-ethyl adjacent to an activating group) is 1. The lowest BCUT2D eigenvalue weighted by Gasteiger charge is -2.42. The van der Waals surface area contributed by atoms with Gasteiger partial charge in [0, 0.05) is 12.1 Å². The van der Waals surface area contributed by atoms with E-state index in [0.29, 0.717) is 0 Å². The lowest BCUT2D eigenvalue weighted by atomic mass is 9.85. The molecule has 6 nitrogen and oxygen atoms in total. The van der Waals surface area contributed by atoms with Gasteiger partial charge >= 0.3 is 5.97 Å². The van der Waals surface area contributed by atoms with Gasteiger partial charge in [-0.1, -0.05) is 32.6 Å². The second kappa shape index (κ2) is 9.37. The summed E-state index contributed by atoms with van der Waals surface area (Å²) < 4.78 is 5.95. The Balaban J connectivity index is 1.68. The summed E-state index contributed by atoms with van der Waals surface area (Å²) in [6.45, 7) is 4.60. The third-order valence-corrected chi connectivity index (χ3v) is 5.29. The Morgan fingerprint density at radius 1 is 1.21 bits per heavy atom. The highest BCUT2D eigenvalue weighted by Gasteiger charge is 2.35. The van der Waals surface area contributed by atoms with E-state index in [2.05, 4.69) is 5.32 Å². The molecular formula is C18H32N2O4. The van der Waals surface area contributed by atoms with Crippen LogP contribution in [0.2, 0.25) is 0 Å². The summed E-state index contributed by atoms with van der Waals surface area (Å²) in [7, 11) is 0. The molecule has 0 saturated heterocycles. The lowest BCUT2D eigenvalue weighted by Crippen LogP contribution is -2.56. The number of hydrogen-bond acceptors (Lipinski definition) is 4. The predicted molar refractivity (Wildman–Crippen MR) is 91.9 cm³/mol. The maximum absolute atomic E-state index is 12.3. The van der Waals surface area contributed by atoms with Crippen LogP contribution in [0.25, 0.3) is 0 Å². The van der Waals surface area contributed by atoms with E-state index >= 15 is 0 Å². The van der Waals surface area contributed by atoms with Gasteiger partial charge in [0.05, 0.1) is 12.6 Å². The largest absolute Gasteiger partial charge is 0.480 e. The standard InChI is InChI=1S/C18H32N2O4/c1-3-20(12-17(21)22)15-10-14(11-15)19-18(23)13(2)24-16-8-6-4-5-7-9-16/h13-16H,3-12H2,1-2H3,(H,19,23)(H,21,22). The third-order valence-electron chi connectivity index (χ3n) is 5.29. The summed E-state index contributed by atoms with van der Waals surface area (Å²) in [6.07, 6.45) is 8.50. The highest BCUT2D eigenvalue weighted by molar-refractivity contribution is 5.80. The van der Waals surface area contributed by atoms with Gasteiger partial charge in [0.25, 0.3) is 0 Å².